The van der Waals surface area contributed by atoms with Crippen LogP contribution in [0.5, 0.6) is 0 Å². The van der Waals surface area contributed by atoms with E-state index in [-0.39, 0.29) is 19.5 Å². The van der Waals surface area contributed by atoms with E-state index in [2.05, 4.69) is 0 Å². The third kappa shape index (κ3) is 9.72. The van der Waals surface area contributed by atoms with Crippen LogP contribution in [0.3, 0.4) is 0 Å². The van der Waals surface area contributed by atoms with Gasteiger partial charge in [0, 0.05) is 13.2 Å². The molecular weight excluding hydrogens is 280 g/mol. The van der Waals surface area contributed by atoms with E-state index in [1.807, 2.05) is 0 Å². The average Bonchev–Trinajstić information content (AvgIpc) is 3.28. The summed E-state index contributed by atoms with van der Waals surface area (Å²) >= 11 is 0. The van der Waals surface area contributed by atoms with E-state index in [0.717, 1.165) is 52.5 Å². The maximum atomic E-state index is 5.83. The summed E-state index contributed by atoms with van der Waals surface area (Å²) in [4.78, 5) is 0. The van der Waals surface area contributed by atoms with E-state index >= 15 is 0 Å². The molecule has 0 N–H and O–H groups in total. The van der Waals surface area contributed by atoms with Crippen molar-refractivity contribution in [3.05, 3.63) is 0 Å². The Morgan fingerprint density at radius 1 is 0.842 bits per heavy atom. The van der Waals surface area contributed by atoms with Gasteiger partial charge in [-0.25, -0.2) is 0 Å². The second kappa shape index (κ2) is 10.0. The molecule has 2 saturated heterocycles. The molecule has 2 unspecified atom stereocenters. The predicted octanol–water partition coefficient (Wildman–Crippen LogP) is -0.382. The molecule has 2 aliphatic rings. The molecule has 112 valence electrons. The van der Waals surface area contributed by atoms with Crippen molar-refractivity contribution < 1.29 is 23.1 Å². The van der Waals surface area contributed by atoms with Gasteiger partial charge in [0.05, 0.1) is 26.4 Å². The van der Waals surface area contributed by atoms with Crippen molar-refractivity contribution in [2.75, 3.05) is 39.6 Å². The van der Waals surface area contributed by atoms with Crippen molar-refractivity contribution in [3.8, 4) is 0 Å². The predicted molar refractivity (Wildman–Crippen MR) is 78.1 cm³/mol. The van der Waals surface area contributed by atoms with Crippen molar-refractivity contribution in [3.63, 3.8) is 0 Å². The molecule has 0 aromatic rings. The first-order valence-corrected chi connectivity index (χ1v) is 10.6. The highest BCUT2D eigenvalue weighted by molar-refractivity contribution is 6.42. The van der Waals surface area contributed by atoms with Gasteiger partial charge in [0.1, 0.15) is 31.7 Å². The highest BCUT2D eigenvalue weighted by atomic mass is 28.3. The Labute approximate surface area is 120 Å². The van der Waals surface area contributed by atoms with Gasteiger partial charge in [0.25, 0.3) is 0 Å². The van der Waals surface area contributed by atoms with Crippen molar-refractivity contribution in [2.24, 2.45) is 0 Å². The molecule has 0 bridgehead atoms. The first-order chi connectivity index (χ1) is 9.45. The normalized spacial score (nSPS) is 25.9. The molecule has 2 fully saturated rings. The first-order valence-electron chi connectivity index (χ1n) is 7.41. The van der Waals surface area contributed by atoms with E-state index in [1.165, 1.54) is 12.1 Å². The van der Waals surface area contributed by atoms with E-state index in [9.17, 15) is 0 Å². The summed E-state index contributed by atoms with van der Waals surface area (Å²) in [6, 6.07) is 2.49. The van der Waals surface area contributed by atoms with Crippen LogP contribution in [-0.2, 0) is 23.1 Å². The Morgan fingerprint density at radius 3 is 1.74 bits per heavy atom. The Bertz CT molecular complexity index is 202. The molecular formula is C12H26O5Si2. The second-order valence-corrected chi connectivity index (χ2v) is 8.95. The lowest BCUT2D eigenvalue weighted by Crippen LogP contribution is -2.08. The van der Waals surface area contributed by atoms with Gasteiger partial charge in [-0.2, -0.15) is 0 Å². The molecule has 2 heterocycles. The summed E-state index contributed by atoms with van der Waals surface area (Å²) in [7, 11) is -0.546. The Morgan fingerprint density at radius 2 is 1.32 bits per heavy atom. The van der Waals surface area contributed by atoms with E-state index in [4.69, 9.17) is 23.1 Å². The lowest BCUT2D eigenvalue weighted by molar-refractivity contribution is 0.116. The van der Waals surface area contributed by atoms with Crippen molar-refractivity contribution >= 4 is 19.5 Å². The maximum Gasteiger partial charge on any atom is 0.146 e. The van der Waals surface area contributed by atoms with Gasteiger partial charge in [-0.15, -0.1) is 0 Å². The van der Waals surface area contributed by atoms with Crippen LogP contribution < -0.4 is 0 Å². The molecule has 0 radical (unpaired) electrons. The lowest BCUT2D eigenvalue weighted by atomic mass is 10.5. The maximum absolute atomic E-state index is 5.83. The first kappa shape index (κ1) is 15.6. The zero-order chi connectivity index (χ0) is 13.2. The van der Waals surface area contributed by atoms with Crippen LogP contribution >= 0.6 is 0 Å². The molecule has 0 aromatic heterocycles. The molecule has 2 aliphatic heterocycles. The van der Waals surface area contributed by atoms with Crippen LogP contribution in [-0.4, -0.2) is 71.4 Å². The molecule has 7 heteroatoms. The quantitative estimate of drug-likeness (QED) is 0.249. The van der Waals surface area contributed by atoms with Gasteiger partial charge in [-0.1, -0.05) is 0 Å². The Kier molecular flexibility index (Phi) is 8.25. The number of hydrogen-bond donors (Lipinski definition) is 0. The molecule has 0 aliphatic carbocycles. The average molecular weight is 307 g/mol. The van der Waals surface area contributed by atoms with Gasteiger partial charge in [-0.05, 0) is 24.9 Å². The largest absolute Gasteiger partial charge is 0.465 e. The highest BCUT2D eigenvalue weighted by Gasteiger charge is 2.22. The van der Waals surface area contributed by atoms with Crippen LogP contribution in [0.4, 0.5) is 0 Å². The summed E-state index contributed by atoms with van der Waals surface area (Å²) in [5, 5.41) is 0. The fraction of sp³-hybridized carbons (Fsp3) is 1.00. The Hall–Kier alpha value is 0.234. The summed E-state index contributed by atoms with van der Waals surface area (Å²) in [5.74, 6) is 0. The van der Waals surface area contributed by atoms with Gasteiger partial charge in [-0.3, -0.25) is 0 Å². The minimum Gasteiger partial charge on any atom is -0.465 e. The van der Waals surface area contributed by atoms with Crippen molar-refractivity contribution in [1.82, 2.24) is 0 Å². The smallest absolute Gasteiger partial charge is 0.146 e. The highest BCUT2D eigenvalue weighted by Crippen LogP contribution is 2.09. The summed E-state index contributed by atoms with van der Waals surface area (Å²) < 4.78 is 26.9. The molecule has 2 atom stereocenters. The number of ether oxygens (including phenoxy) is 4. The van der Waals surface area contributed by atoms with Crippen molar-refractivity contribution in [2.45, 2.75) is 37.1 Å². The van der Waals surface area contributed by atoms with E-state index < -0.39 is 0 Å². The fourth-order valence-electron chi connectivity index (χ4n) is 1.68. The van der Waals surface area contributed by atoms with Crippen LogP contribution in [0, 0.1) is 0 Å². The SMILES string of the molecule is C(COCC1CO1)C[SiH2]O[SiH2]CCCOCC1CO1. The van der Waals surface area contributed by atoms with Crippen LogP contribution in [0.1, 0.15) is 12.8 Å². The minimum absolute atomic E-state index is 0.273. The van der Waals surface area contributed by atoms with Gasteiger partial charge in [0.2, 0.25) is 0 Å². The molecule has 19 heavy (non-hydrogen) atoms. The summed E-state index contributed by atoms with van der Waals surface area (Å²) in [6.07, 6.45) is 3.10. The second-order valence-electron chi connectivity index (χ2n) is 5.09. The minimum atomic E-state index is -0.273. The molecule has 5 nitrogen and oxygen atoms in total. The number of rotatable bonds is 14. The van der Waals surface area contributed by atoms with Crippen molar-refractivity contribution in [1.29, 1.82) is 0 Å². The Balaban J connectivity index is 1.18. The van der Waals surface area contributed by atoms with Gasteiger partial charge in [0.15, 0.2) is 0 Å². The monoisotopic (exact) mass is 306 g/mol. The van der Waals surface area contributed by atoms with E-state index in [1.54, 1.807) is 0 Å². The molecule has 0 spiro atoms. The van der Waals surface area contributed by atoms with Crippen LogP contribution in [0.15, 0.2) is 0 Å². The van der Waals surface area contributed by atoms with Crippen LogP contribution in [0.25, 0.3) is 0 Å². The fourth-order valence-corrected chi connectivity index (χ4v) is 4.94. The van der Waals surface area contributed by atoms with Gasteiger partial charge < -0.3 is 23.1 Å². The summed E-state index contributed by atoms with van der Waals surface area (Å²) in [5.41, 5.74) is 0. The van der Waals surface area contributed by atoms with E-state index in [0.29, 0.717) is 12.2 Å². The third-order valence-electron chi connectivity index (χ3n) is 3.07. The topological polar surface area (TPSA) is 52.8 Å². The van der Waals surface area contributed by atoms with Crippen LogP contribution in [0.2, 0.25) is 12.1 Å². The van der Waals surface area contributed by atoms with Gasteiger partial charge >= 0.3 is 0 Å². The summed E-state index contributed by atoms with van der Waals surface area (Å²) in [6.45, 7) is 5.08. The number of epoxide rings is 2. The zero-order valence-electron chi connectivity index (χ0n) is 11.7. The zero-order valence-corrected chi connectivity index (χ0v) is 14.5. The third-order valence-corrected chi connectivity index (χ3v) is 6.95. The lowest BCUT2D eigenvalue weighted by Gasteiger charge is -2.05. The molecule has 2 rings (SSSR count). The molecule has 0 amide bonds. The number of hydrogen-bond acceptors (Lipinski definition) is 5. The standard InChI is InChI=1S/C12H26O5Si2/c1(3-13-7-11-9-15-11)5-18-17-19-6-2-4-14-8-12-10-16-12/h11-12H,1-10,18-19H2. The molecule has 0 saturated carbocycles. The molecule has 0 aromatic carbocycles.